The molecule has 1 unspecified atom stereocenters. The summed E-state index contributed by atoms with van der Waals surface area (Å²) in [7, 11) is 0. The van der Waals surface area contributed by atoms with Crippen LogP contribution < -0.4 is 5.32 Å². The van der Waals surface area contributed by atoms with E-state index in [9.17, 15) is 9.90 Å². The Morgan fingerprint density at radius 2 is 2.17 bits per heavy atom. The number of benzene rings is 1. The van der Waals surface area contributed by atoms with Crippen molar-refractivity contribution in [3.63, 3.8) is 0 Å². The smallest absolute Gasteiger partial charge is 0.224 e. The van der Waals surface area contributed by atoms with E-state index in [0.29, 0.717) is 6.42 Å². The maximum atomic E-state index is 11.8. The van der Waals surface area contributed by atoms with Crippen LogP contribution in [0.15, 0.2) is 24.3 Å². The highest BCUT2D eigenvalue weighted by molar-refractivity contribution is 5.78. The minimum atomic E-state index is 0.0181. The third-order valence-electron chi connectivity index (χ3n) is 2.92. The van der Waals surface area contributed by atoms with Crippen LogP contribution in [0.2, 0.25) is 0 Å². The van der Waals surface area contributed by atoms with Gasteiger partial charge in [0.1, 0.15) is 5.75 Å². The van der Waals surface area contributed by atoms with Crippen molar-refractivity contribution in [1.29, 1.82) is 0 Å². The minimum absolute atomic E-state index is 0.0181. The van der Waals surface area contributed by atoms with Gasteiger partial charge >= 0.3 is 0 Å². The van der Waals surface area contributed by atoms with Crippen LogP contribution >= 0.6 is 0 Å². The molecule has 1 aromatic carbocycles. The molecule has 3 nitrogen and oxygen atoms in total. The van der Waals surface area contributed by atoms with Gasteiger partial charge in [0, 0.05) is 6.04 Å². The van der Waals surface area contributed by atoms with E-state index >= 15 is 0 Å². The lowest BCUT2D eigenvalue weighted by atomic mass is 10.1. The highest BCUT2D eigenvalue weighted by Gasteiger charge is 2.08. The quantitative estimate of drug-likeness (QED) is 0.730. The molecule has 3 heteroatoms. The molecular formula is C15H23NO2. The van der Waals surface area contributed by atoms with Gasteiger partial charge in [-0.15, -0.1) is 0 Å². The summed E-state index contributed by atoms with van der Waals surface area (Å²) in [5.74, 6) is 0.223. The molecule has 2 N–H and O–H groups in total. The number of rotatable bonds is 7. The van der Waals surface area contributed by atoms with Crippen molar-refractivity contribution in [3.8, 4) is 5.75 Å². The van der Waals surface area contributed by atoms with E-state index in [1.807, 2.05) is 13.0 Å². The molecule has 100 valence electrons. The number of amides is 1. The largest absolute Gasteiger partial charge is 0.508 e. The molecule has 0 aliphatic carbocycles. The van der Waals surface area contributed by atoms with E-state index in [1.165, 1.54) is 12.8 Å². The second-order valence-corrected chi connectivity index (χ2v) is 4.81. The Labute approximate surface area is 109 Å². The van der Waals surface area contributed by atoms with Crippen LogP contribution in [0.4, 0.5) is 0 Å². The molecule has 0 bridgehead atoms. The fourth-order valence-electron chi connectivity index (χ4n) is 1.95. The van der Waals surface area contributed by atoms with Gasteiger partial charge in [0.25, 0.3) is 0 Å². The van der Waals surface area contributed by atoms with Crippen molar-refractivity contribution in [1.82, 2.24) is 5.32 Å². The van der Waals surface area contributed by atoms with Crippen LogP contribution in [0.25, 0.3) is 0 Å². The summed E-state index contributed by atoms with van der Waals surface area (Å²) >= 11 is 0. The molecular weight excluding hydrogens is 226 g/mol. The van der Waals surface area contributed by atoms with Crippen molar-refractivity contribution in [2.75, 3.05) is 0 Å². The molecule has 0 heterocycles. The number of nitrogens with one attached hydrogen (secondary N) is 1. The van der Waals surface area contributed by atoms with Gasteiger partial charge < -0.3 is 10.4 Å². The molecule has 1 aromatic rings. The van der Waals surface area contributed by atoms with Gasteiger partial charge in [-0.05, 0) is 31.0 Å². The standard InChI is InChI=1S/C15H23NO2/c1-3-4-5-7-12(2)16-15(18)11-13-8-6-9-14(17)10-13/h6,8-10,12,17H,3-5,7,11H2,1-2H3,(H,16,18). The minimum Gasteiger partial charge on any atom is -0.508 e. The average molecular weight is 249 g/mol. The predicted molar refractivity (Wildman–Crippen MR) is 73.6 cm³/mol. The molecule has 0 aliphatic rings. The monoisotopic (exact) mass is 249 g/mol. The van der Waals surface area contributed by atoms with E-state index in [2.05, 4.69) is 12.2 Å². The lowest BCUT2D eigenvalue weighted by molar-refractivity contribution is -0.121. The highest BCUT2D eigenvalue weighted by atomic mass is 16.3. The summed E-state index contributed by atoms with van der Waals surface area (Å²) in [6.45, 7) is 4.21. The highest BCUT2D eigenvalue weighted by Crippen LogP contribution is 2.11. The number of hydrogen-bond acceptors (Lipinski definition) is 2. The summed E-state index contributed by atoms with van der Waals surface area (Å²) in [6.07, 6.45) is 4.92. The maximum absolute atomic E-state index is 11.8. The normalized spacial score (nSPS) is 12.1. The second kappa shape index (κ2) is 7.75. The summed E-state index contributed by atoms with van der Waals surface area (Å²) in [4.78, 5) is 11.8. The van der Waals surface area contributed by atoms with E-state index in [0.717, 1.165) is 18.4 Å². The van der Waals surface area contributed by atoms with E-state index in [-0.39, 0.29) is 17.7 Å². The SMILES string of the molecule is CCCCCC(C)NC(=O)Cc1cccc(O)c1. The summed E-state index contributed by atoms with van der Waals surface area (Å²) in [6, 6.07) is 7.06. The number of unbranched alkanes of at least 4 members (excludes halogenated alkanes) is 2. The Hall–Kier alpha value is -1.51. The van der Waals surface area contributed by atoms with Gasteiger partial charge in [-0.1, -0.05) is 38.3 Å². The summed E-state index contributed by atoms with van der Waals surface area (Å²) in [5, 5.41) is 12.3. The summed E-state index contributed by atoms with van der Waals surface area (Å²) in [5.41, 5.74) is 0.841. The average Bonchev–Trinajstić information content (AvgIpc) is 2.29. The number of phenols is 1. The molecule has 1 atom stereocenters. The Morgan fingerprint density at radius 1 is 1.39 bits per heavy atom. The topological polar surface area (TPSA) is 49.3 Å². The third-order valence-corrected chi connectivity index (χ3v) is 2.92. The van der Waals surface area contributed by atoms with Gasteiger partial charge in [0.05, 0.1) is 6.42 Å². The molecule has 0 fully saturated rings. The molecule has 0 radical (unpaired) electrons. The first kappa shape index (κ1) is 14.6. The Bertz CT molecular complexity index is 377. The van der Waals surface area contributed by atoms with Crippen molar-refractivity contribution in [2.24, 2.45) is 0 Å². The summed E-state index contributed by atoms with van der Waals surface area (Å²) < 4.78 is 0. The van der Waals surface area contributed by atoms with E-state index < -0.39 is 0 Å². The molecule has 0 aliphatic heterocycles. The Kier molecular flexibility index (Phi) is 6.26. The number of carbonyl (C=O) groups is 1. The van der Waals surface area contributed by atoms with Crippen molar-refractivity contribution in [2.45, 2.75) is 52.0 Å². The van der Waals surface area contributed by atoms with Gasteiger partial charge in [-0.25, -0.2) is 0 Å². The lowest BCUT2D eigenvalue weighted by Gasteiger charge is -2.13. The molecule has 1 rings (SSSR count). The predicted octanol–water partition coefficient (Wildman–Crippen LogP) is 3.02. The second-order valence-electron chi connectivity index (χ2n) is 4.81. The van der Waals surface area contributed by atoms with Crippen LogP contribution in [-0.4, -0.2) is 17.1 Å². The number of carbonyl (C=O) groups excluding carboxylic acids is 1. The zero-order chi connectivity index (χ0) is 13.4. The molecule has 0 saturated heterocycles. The fourth-order valence-corrected chi connectivity index (χ4v) is 1.95. The first-order valence-corrected chi connectivity index (χ1v) is 6.69. The van der Waals surface area contributed by atoms with Crippen LogP contribution in [0.5, 0.6) is 5.75 Å². The van der Waals surface area contributed by atoms with Gasteiger partial charge in [0.2, 0.25) is 5.91 Å². The third kappa shape index (κ3) is 5.71. The number of aromatic hydroxyl groups is 1. The fraction of sp³-hybridized carbons (Fsp3) is 0.533. The van der Waals surface area contributed by atoms with Crippen LogP contribution in [0.1, 0.15) is 45.1 Å². The van der Waals surface area contributed by atoms with Gasteiger partial charge in [-0.3, -0.25) is 4.79 Å². The Balaban J connectivity index is 2.32. The first-order valence-electron chi connectivity index (χ1n) is 6.69. The van der Waals surface area contributed by atoms with Gasteiger partial charge in [-0.2, -0.15) is 0 Å². The van der Waals surface area contributed by atoms with Crippen molar-refractivity contribution in [3.05, 3.63) is 29.8 Å². The van der Waals surface area contributed by atoms with Gasteiger partial charge in [0.15, 0.2) is 0 Å². The van der Waals surface area contributed by atoms with E-state index in [1.54, 1.807) is 18.2 Å². The molecule has 1 amide bonds. The molecule has 18 heavy (non-hydrogen) atoms. The zero-order valence-corrected chi connectivity index (χ0v) is 11.3. The zero-order valence-electron chi connectivity index (χ0n) is 11.3. The van der Waals surface area contributed by atoms with Crippen LogP contribution in [0.3, 0.4) is 0 Å². The number of phenolic OH excluding ortho intramolecular Hbond substituents is 1. The number of hydrogen-bond donors (Lipinski definition) is 2. The first-order chi connectivity index (χ1) is 8.61. The molecule has 0 aromatic heterocycles. The lowest BCUT2D eigenvalue weighted by Crippen LogP contribution is -2.33. The molecule has 0 saturated carbocycles. The van der Waals surface area contributed by atoms with E-state index in [4.69, 9.17) is 0 Å². The van der Waals surface area contributed by atoms with Crippen molar-refractivity contribution < 1.29 is 9.90 Å². The molecule has 0 spiro atoms. The van der Waals surface area contributed by atoms with Crippen LogP contribution in [0, 0.1) is 0 Å². The Morgan fingerprint density at radius 3 is 2.83 bits per heavy atom. The van der Waals surface area contributed by atoms with Crippen molar-refractivity contribution >= 4 is 5.91 Å². The van der Waals surface area contributed by atoms with Crippen LogP contribution in [-0.2, 0) is 11.2 Å². The maximum Gasteiger partial charge on any atom is 0.224 e.